The molecule has 2 fully saturated rings. The Labute approximate surface area is 178 Å². The largest absolute Gasteiger partial charge is 0.494 e. The van der Waals surface area contributed by atoms with Crippen LogP contribution in [0.4, 0.5) is 0 Å². The molecule has 0 N–H and O–H groups in total. The van der Waals surface area contributed by atoms with Gasteiger partial charge < -0.3 is 9.47 Å². The van der Waals surface area contributed by atoms with Gasteiger partial charge in [0.1, 0.15) is 11.5 Å². The van der Waals surface area contributed by atoms with E-state index in [0.717, 1.165) is 29.9 Å². The van der Waals surface area contributed by atoms with Gasteiger partial charge in [-0.3, -0.25) is 0 Å². The van der Waals surface area contributed by atoms with Crippen molar-refractivity contribution in [3.63, 3.8) is 0 Å². The van der Waals surface area contributed by atoms with E-state index in [1.54, 1.807) is 0 Å². The van der Waals surface area contributed by atoms with Crippen molar-refractivity contribution in [1.29, 1.82) is 0 Å². The standard InChI is InChI=1S/C27H38O2/c1-3-22-9-11-23(12-10-22)7-5-6-8-24-13-15-25(16-14-24)21-29-27-19-17-26(18-20-27)28-4-2/h5,7,17-20,22-25H,3-4,9-16,21H2,1-2H3/t22-,23-,24-,25-. The Balaban J connectivity index is 1.32. The highest BCUT2D eigenvalue weighted by molar-refractivity contribution is 5.31. The third kappa shape index (κ3) is 7.46. The molecule has 2 saturated carbocycles. The highest BCUT2D eigenvalue weighted by Crippen LogP contribution is 2.31. The van der Waals surface area contributed by atoms with Crippen LogP contribution in [-0.2, 0) is 0 Å². The van der Waals surface area contributed by atoms with Crippen molar-refractivity contribution >= 4 is 0 Å². The normalized spacial score (nSPS) is 27.2. The molecule has 3 rings (SSSR count). The summed E-state index contributed by atoms with van der Waals surface area (Å²) in [6.45, 7) is 5.84. The quantitative estimate of drug-likeness (QED) is 0.461. The summed E-state index contributed by atoms with van der Waals surface area (Å²) in [6.07, 6.45) is 16.2. The zero-order valence-electron chi connectivity index (χ0n) is 18.4. The number of rotatable bonds is 7. The van der Waals surface area contributed by atoms with E-state index in [1.165, 1.54) is 57.8 Å². The van der Waals surface area contributed by atoms with Crippen molar-refractivity contribution in [1.82, 2.24) is 0 Å². The molecule has 0 radical (unpaired) electrons. The molecule has 2 aliphatic rings. The first-order chi connectivity index (χ1) is 14.3. The maximum absolute atomic E-state index is 5.99. The molecule has 0 amide bonds. The van der Waals surface area contributed by atoms with Crippen molar-refractivity contribution in [2.75, 3.05) is 13.2 Å². The second kappa shape index (κ2) is 12.0. The summed E-state index contributed by atoms with van der Waals surface area (Å²) >= 11 is 0. The molecule has 158 valence electrons. The van der Waals surface area contributed by atoms with Gasteiger partial charge in [-0.1, -0.05) is 31.3 Å². The van der Waals surface area contributed by atoms with E-state index >= 15 is 0 Å². The Kier molecular flexibility index (Phi) is 9.00. The average Bonchev–Trinajstić information content (AvgIpc) is 2.78. The minimum atomic E-state index is 0.567. The third-order valence-corrected chi connectivity index (χ3v) is 6.68. The lowest BCUT2D eigenvalue weighted by Gasteiger charge is -2.25. The molecular formula is C27H38O2. The number of allylic oxidation sites excluding steroid dienone is 2. The zero-order valence-corrected chi connectivity index (χ0v) is 18.4. The summed E-state index contributed by atoms with van der Waals surface area (Å²) in [7, 11) is 0. The maximum atomic E-state index is 5.99. The first kappa shape index (κ1) is 21.8. The molecule has 0 heterocycles. The summed E-state index contributed by atoms with van der Waals surface area (Å²) in [6, 6.07) is 7.97. The van der Waals surface area contributed by atoms with Crippen LogP contribution in [0.3, 0.4) is 0 Å². The molecular weight excluding hydrogens is 356 g/mol. The Morgan fingerprint density at radius 1 is 0.828 bits per heavy atom. The van der Waals surface area contributed by atoms with E-state index in [9.17, 15) is 0 Å². The van der Waals surface area contributed by atoms with Crippen LogP contribution in [-0.4, -0.2) is 13.2 Å². The summed E-state index contributed by atoms with van der Waals surface area (Å²) in [4.78, 5) is 0. The van der Waals surface area contributed by atoms with E-state index in [2.05, 4.69) is 30.9 Å². The van der Waals surface area contributed by atoms with E-state index in [4.69, 9.17) is 9.47 Å². The summed E-state index contributed by atoms with van der Waals surface area (Å²) < 4.78 is 11.5. The van der Waals surface area contributed by atoms with Gasteiger partial charge in [0.25, 0.3) is 0 Å². The summed E-state index contributed by atoms with van der Waals surface area (Å²) in [5.74, 6) is 11.6. The van der Waals surface area contributed by atoms with Crippen LogP contribution in [0, 0.1) is 35.5 Å². The smallest absolute Gasteiger partial charge is 0.119 e. The summed E-state index contributed by atoms with van der Waals surface area (Å²) in [5.41, 5.74) is 0. The SMILES string of the molecule is CCOc1ccc(OC[C@H]2CC[C@H](C#CC=C[C@H]3CC[C@H](CC)CC3)CC2)cc1. The van der Waals surface area contributed by atoms with Crippen molar-refractivity contribution in [3.05, 3.63) is 36.4 Å². The van der Waals surface area contributed by atoms with Gasteiger partial charge in [0.2, 0.25) is 0 Å². The first-order valence-corrected chi connectivity index (χ1v) is 11.8. The van der Waals surface area contributed by atoms with Gasteiger partial charge in [0.15, 0.2) is 0 Å². The van der Waals surface area contributed by atoms with Crippen LogP contribution in [0.25, 0.3) is 0 Å². The van der Waals surface area contributed by atoms with E-state index in [0.29, 0.717) is 18.4 Å². The molecule has 0 atom stereocenters. The zero-order chi connectivity index (χ0) is 20.3. The van der Waals surface area contributed by atoms with Crippen LogP contribution in [0.5, 0.6) is 11.5 Å². The Morgan fingerprint density at radius 3 is 2.07 bits per heavy atom. The van der Waals surface area contributed by atoms with Crippen molar-refractivity contribution < 1.29 is 9.47 Å². The van der Waals surface area contributed by atoms with Crippen LogP contribution in [0.2, 0.25) is 0 Å². The molecule has 0 bridgehead atoms. The Morgan fingerprint density at radius 2 is 1.45 bits per heavy atom. The van der Waals surface area contributed by atoms with Gasteiger partial charge in [-0.15, -0.1) is 0 Å². The van der Waals surface area contributed by atoms with Gasteiger partial charge in [-0.25, -0.2) is 0 Å². The first-order valence-electron chi connectivity index (χ1n) is 11.8. The van der Waals surface area contributed by atoms with Crippen molar-refractivity contribution in [2.24, 2.45) is 23.7 Å². The molecule has 0 saturated heterocycles. The number of hydrogen-bond donors (Lipinski definition) is 0. The molecule has 2 aliphatic carbocycles. The minimum Gasteiger partial charge on any atom is -0.494 e. The molecule has 1 aromatic carbocycles. The molecule has 29 heavy (non-hydrogen) atoms. The highest BCUT2D eigenvalue weighted by atomic mass is 16.5. The van der Waals surface area contributed by atoms with Crippen molar-refractivity contribution in [3.8, 4) is 23.3 Å². The lowest BCUT2D eigenvalue weighted by molar-refractivity contribution is 0.196. The summed E-state index contributed by atoms with van der Waals surface area (Å²) in [5, 5.41) is 0. The van der Waals surface area contributed by atoms with Gasteiger partial charge in [-0.05, 0) is 106 Å². The van der Waals surface area contributed by atoms with E-state index in [1.807, 2.05) is 31.2 Å². The minimum absolute atomic E-state index is 0.567. The Bertz CT molecular complexity index is 663. The van der Waals surface area contributed by atoms with E-state index < -0.39 is 0 Å². The van der Waals surface area contributed by atoms with Gasteiger partial charge in [-0.2, -0.15) is 0 Å². The lowest BCUT2D eigenvalue weighted by Crippen LogP contribution is -2.19. The fraction of sp³-hybridized carbons (Fsp3) is 0.630. The highest BCUT2D eigenvalue weighted by Gasteiger charge is 2.20. The number of hydrogen-bond acceptors (Lipinski definition) is 2. The van der Waals surface area contributed by atoms with Gasteiger partial charge >= 0.3 is 0 Å². The monoisotopic (exact) mass is 394 g/mol. The average molecular weight is 395 g/mol. The molecule has 0 aliphatic heterocycles. The predicted octanol–water partition coefficient (Wildman–Crippen LogP) is 7.05. The maximum Gasteiger partial charge on any atom is 0.119 e. The third-order valence-electron chi connectivity index (χ3n) is 6.68. The van der Waals surface area contributed by atoms with Crippen LogP contribution < -0.4 is 9.47 Å². The van der Waals surface area contributed by atoms with Gasteiger partial charge in [0, 0.05) is 5.92 Å². The van der Waals surface area contributed by atoms with E-state index in [-0.39, 0.29) is 0 Å². The molecule has 2 nitrogen and oxygen atoms in total. The van der Waals surface area contributed by atoms with Gasteiger partial charge in [0.05, 0.1) is 13.2 Å². The van der Waals surface area contributed by atoms with Crippen molar-refractivity contribution in [2.45, 2.75) is 71.6 Å². The molecule has 0 spiro atoms. The lowest BCUT2D eigenvalue weighted by atomic mass is 9.81. The fourth-order valence-electron chi connectivity index (χ4n) is 4.63. The second-order valence-corrected chi connectivity index (χ2v) is 8.77. The molecule has 0 aromatic heterocycles. The van der Waals surface area contributed by atoms with Crippen LogP contribution in [0.15, 0.2) is 36.4 Å². The number of ether oxygens (including phenoxy) is 2. The number of benzene rings is 1. The fourth-order valence-corrected chi connectivity index (χ4v) is 4.63. The molecule has 0 unspecified atom stereocenters. The van der Waals surface area contributed by atoms with Crippen LogP contribution in [0.1, 0.15) is 71.6 Å². The Hall–Kier alpha value is -1.88. The van der Waals surface area contributed by atoms with Crippen LogP contribution >= 0.6 is 0 Å². The molecule has 2 heteroatoms. The predicted molar refractivity (Wildman–Crippen MR) is 121 cm³/mol. The second-order valence-electron chi connectivity index (χ2n) is 8.77. The molecule has 1 aromatic rings. The topological polar surface area (TPSA) is 18.5 Å².